The topological polar surface area (TPSA) is 42.7 Å². The van der Waals surface area contributed by atoms with Gasteiger partial charge >= 0.3 is 0 Å². The van der Waals surface area contributed by atoms with E-state index in [4.69, 9.17) is 0 Å². The lowest BCUT2D eigenvalue weighted by molar-refractivity contribution is 0.703. The van der Waals surface area contributed by atoms with Crippen molar-refractivity contribution in [2.75, 3.05) is 5.32 Å². The molecule has 0 aliphatic heterocycles. The minimum Gasteiger partial charge on any atom is -0.378 e. The van der Waals surface area contributed by atoms with Crippen LogP contribution in [-0.2, 0) is 20.0 Å². The summed E-state index contributed by atoms with van der Waals surface area (Å²) in [5.74, 6) is 1.85. The van der Waals surface area contributed by atoms with Crippen LogP contribution in [0.25, 0.3) is 0 Å². The molecule has 0 atom stereocenters. The number of para-hydroxylation sites is 1. The number of aryl methyl sites for hydroxylation is 2. The molecule has 84 valence electrons. The first-order chi connectivity index (χ1) is 7.79. The van der Waals surface area contributed by atoms with Gasteiger partial charge in [-0.15, -0.1) is 0 Å². The third kappa shape index (κ3) is 2.39. The zero-order valence-corrected chi connectivity index (χ0v) is 9.64. The molecule has 0 spiro atoms. The predicted octanol–water partition coefficient (Wildman–Crippen LogP) is 1.99. The number of nitrogens with one attached hydrogen (secondary N) is 1. The minimum atomic E-state index is 0.702. The van der Waals surface area contributed by atoms with Gasteiger partial charge < -0.3 is 5.32 Å². The Labute approximate surface area is 95.3 Å². The molecule has 1 aromatic carbocycles. The highest BCUT2D eigenvalue weighted by atomic mass is 15.3. The van der Waals surface area contributed by atoms with E-state index in [2.05, 4.69) is 22.3 Å². The number of benzene rings is 1. The molecule has 1 heterocycles. The van der Waals surface area contributed by atoms with Crippen molar-refractivity contribution >= 4 is 5.69 Å². The van der Waals surface area contributed by atoms with Gasteiger partial charge in [-0.3, -0.25) is 4.68 Å². The summed E-state index contributed by atoms with van der Waals surface area (Å²) >= 11 is 0. The Bertz CT molecular complexity index is 447. The molecule has 16 heavy (non-hydrogen) atoms. The molecule has 4 nitrogen and oxygen atoms in total. The van der Waals surface area contributed by atoms with Gasteiger partial charge in [0.15, 0.2) is 5.82 Å². The van der Waals surface area contributed by atoms with E-state index in [0.29, 0.717) is 6.54 Å². The third-order valence-electron chi connectivity index (χ3n) is 2.44. The Morgan fingerprint density at radius 2 is 2.00 bits per heavy atom. The van der Waals surface area contributed by atoms with Crippen molar-refractivity contribution in [2.45, 2.75) is 19.9 Å². The fraction of sp³-hybridized carbons (Fsp3) is 0.333. The summed E-state index contributed by atoms with van der Waals surface area (Å²) in [6.45, 7) is 2.76. The maximum atomic E-state index is 4.43. The summed E-state index contributed by atoms with van der Waals surface area (Å²) in [6, 6.07) is 10.1. The van der Waals surface area contributed by atoms with Crippen molar-refractivity contribution in [1.29, 1.82) is 0 Å². The largest absolute Gasteiger partial charge is 0.378 e. The van der Waals surface area contributed by atoms with Crippen LogP contribution in [0.5, 0.6) is 0 Å². The number of anilines is 1. The van der Waals surface area contributed by atoms with Gasteiger partial charge in [-0.2, -0.15) is 5.10 Å². The first-order valence-corrected chi connectivity index (χ1v) is 5.47. The normalized spacial score (nSPS) is 10.4. The molecule has 0 saturated carbocycles. The standard InChI is InChI=1S/C12H16N4/c1-3-11-14-12(16(2)15-11)9-13-10-7-5-4-6-8-10/h4-8,13H,3,9H2,1-2H3. The lowest BCUT2D eigenvalue weighted by Crippen LogP contribution is -2.06. The molecule has 0 aliphatic rings. The second-order valence-corrected chi connectivity index (χ2v) is 3.64. The summed E-state index contributed by atoms with van der Waals surface area (Å²) in [5.41, 5.74) is 1.10. The van der Waals surface area contributed by atoms with E-state index in [-0.39, 0.29) is 0 Å². The molecular weight excluding hydrogens is 200 g/mol. The fourth-order valence-corrected chi connectivity index (χ4v) is 1.52. The van der Waals surface area contributed by atoms with Crippen LogP contribution in [-0.4, -0.2) is 14.8 Å². The third-order valence-corrected chi connectivity index (χ3v) is 2.44. The molecule has 1 N–H and O–H groups in total. The van der Waals surface area contributed by atoms with Crippen molar-refractivity contribution in [2.24, 2.45) is 7.05 Å². The highest BCUT2D eigenvalue weighted by Gasteiger charge is 2.04. The molecule has 0 radical (unpaired) electrons. The Morgan fingerprint density at radius 1 is 1.25 bits per heavy atom. The molecule has 0 bridgehead atoms. The van der Waals surface area contributed by atoms with Crippen LogP contribution in [0.1, 0.15) is 18.6 Å². The highest BCUT2D eigenvalue weighted by Crippen LogP contribution is 2.07. The van der Waals surface area contributed by atoms with E-state index in [0.717, 1.165) is 23.8 Å². The van der Waals surface area contributed by atoms with Crippen molar-refractivity contribution in [3.05, 3.63) is 42.0 Å². The molecule has 0 unspecified atom stereocenters. The van der Waals surface area contributed by atoms with Gasteiger partial charge in [-0.25, -0.2) is 4.98 Å². The Kier molecular flexibility index (Phi) is 3.19. The predicted molar refractivity (Wildman–Crippen MR) is 64.1 cm³/mol. The Hall–Kier alpha value is -1.84. The van der Waals surface area contributed by atoms with Gasteiger partial charge in [-0.1, -0.05) is 25.1 Å². The zero-order valence-electron chi connectivity index (χ0n) is 9.64. The monoisotopic (exact) mass is 216 g/mol. The van der Waals surface area contributed by atoms with Crippen LogP contribution in [0.15, 0.2) is 30.3 Å². The van der Waals surface area contributed by atoms with Crippen LogP contribution >= 0.6 is 0 Å². The number of rotatable bonds is 4. The summed E-state index contributed by atoms with van der Waals surface area (Å²) in [6.07, 6.45) is 0.874. The van der Waals surface area contributed by atoms with Gasteiger partial charge in [0, 0.05) is 19.2 Å². The molecule has 0 fully saturated rings. The quantitative estimate of drug-likeness (QED) is 0.850. The minimum absolute atomic E-state index is 0.702. The van der Waals surface area contributed by atoms with Crippen LogP contribution in [0.4, 0.5) is 5.69 Å². The van der Waals surface area contributed by atoms with E-state index in [1.807, 2.05) is 42.1 Å². The summed E-state index contributed by atoms with van der Waals surface area (Å²) in [4.78, 5) is 4.43. The molecule has 0 aliphatic carbocycles. The average molecular weight is 216 g/mol. The first kappa shape index (κ1) is 10.7. The second-order valence-electron chi connectivity index (χ2n) is 3.64. The molecular formula is C12H16N4. The average Bonchev–Trinajstić information content (AvgIpc) is 2.69. The van der Waals surface area contributed by atoms with Crippen molar-refractivity contribution in [3.63, 3.8) is 0 Å². The van der Waals surface area contributed by atoms with Gasteiger partial charge in [0.05, 0.1) is 6.54 Å². The van der Waals surface area contributed by atoms with E-state index >= 15 is 0 Å². The van der Waals surface area contributed by atoms with Crippen LogP contribution in [0.3, 0.4) is 0 Å². The summed E-state index contributed by atoms with van der Waals surface area (Å²) in [5, 5.41) is 7.62. The molecule has 1 aromatic heterocycles. The molecule has 0 amide bonds. The second kappa shape index (κ2) is 4.79. The number of hydrogen-bond acceptors (Lipinski definition) is 3. The number of hydrogen-bond donors (Lipinski definition) is 1. The number of nitrogens with zero attached hydrogens (tertiary/aromatic N) is 3. The van der Waals surface area contributed by atoms with Gasteiger partial charge in [-0.05, 0) is 12.1 Å². The Balaban J connectivity index is 2.02. The fourth-order valence-electron chi connectivity index (χ4n) is 1.52. The summed E-state index contributed by atoms with van der Waals surface area (Å²) < 4.78 is 1.83. The highest BCUT2D eigenvalue weighted by molar-refractivity contribution is 5.42. The van der Waals surface area contributed by atoms with E-state index < -0.39 is 0 Å². The molecule has 4 heteroatoms. The summed E-state index contributed by atoms with van der Waals surface area (Å²) in [7, 11) is 1.92. The molecule has 2 aromatic rings. The first-order valence-electron chi connectivity index (χ1n) is 5.47. The van der Waals surface area contributed by atoms with Crippen LogP contribution in [0, 0.1) is 0 Å². The van der Waals surface area contributed by atoms with E-state index in [9.17, 15) is 0 Å². The number of aromatic nitrogens is 3. The molecule has 0 saturated heterocycles. The van der Waals surface area contributed by atoms with Crippen molar-refractivity contribution in [3.8, 4) is 0 Å². The lowest BCUT2D eigenvalue weighted by atomic mass is 10.3. The Morgan fingerprint density at radius 3 is 2.62 bits per heavy atom. The van der Waals surface area contributed by atoms with E-state index in [1.54, 1.807) is 0 Å². The van der Waals surface area contributed by atoms with Gasteiger partial charge in [0.2, 0.25) is 0 Å². The smallest absolute Gasteiger partial charge is 0.150 e. The zero-order chi connectivity index (χ0) is 11.4. The van der Waals surface area contributed by atoms with Crippen LogP contribution in [0.2, 0.25) is 0 Å². The van der Waals surface area contributed by atoms with Crippen molar-refractivity contribution < 1.29 is 0 Å². The maximum Gasteiger partial charge on any atom is 0.150 e. The SMILES string of the molecule is CCc1nc(CNc2ccccc2)n(C)n1. The van der Waals surface area contributed by atoms with Gasteiger partial charge in [0.25, 0.3) is 0 Å². The van der Waals surface area contributed by atoms with E-state index in [1.165, 1.54) is 0 Å². The van der Waals surface area contributed by atoms with Crippen molar-refractivity contribution in [1.82, 2.24) is 14.8 Å². The lowest BCUT2D eigenvalue weighted by Gasteiger charge is -2.04. The van der Waals surface area contributed by atoms with Gasteiger partial charge in [0.1, 0.15) is 5.82 Å². The molecule has 2 rings (SSSR count). The maximum absolute atomic E-state index is 4.43. The van der Waals surface area contributed by atoms with Crippen LogP contribution < -0.4 is 5.32 Å².